The predicted octanol–water partition coefficient (Wildman–Crippen LogP) is 1.44. The van der Waals surface area contributed by atoms with Crippen molar-refractivity contribution in [3.8, 4) is 0 Å². The molecule has 8 aliphatic rings. The van der Waals surface area contributed by atoms with Crippen LogP contribution in [0.5, 0.6) is 0 Å². The molecule has 7 saturated carbocycles. The molecule has 0 aromatic carbocycles. The predicted molar refractivity (Wildman–Crippen MR) is 68.2 cm³/mol. The van der Waals surface area contributed by atoms with E-state index >= 15 is 0 Å². The molecule has 0 radical (unpaired) electrons. The Balaban J connectivity index is 1.48. The van der Waals surface area contributed by atoms with E-state index in [1.165, 1.54) is 6.42 Å². The lowest BCUT2D eigenvalue weighted by molar-refractivity contribution is -0.255. The molecule has 4 heteroatoms. The van der Waals surface area contributed by atoms with Gasteiger partial charge in [-0.05, 0) is 65.6 Å². The standard InChI is InChI=1S/C17H18O4/c1-16(2)20-14(18)17(15(19)21-16)12-8-4-3-5-7-6(4)10(12)11(7)13(17)9(5)8/h4-13H,3H2,1-2H3/t4-,5-,6+,7+,8+,9+,10+,11+,12-,13+/m0/s1. The Hall–Kier alpha value is -1.06. The summed E-state index contributed by atoms with van der Waals surface area (Å²) in [5, 5.41) is 0. The van der Waals surface area contributed by atoms with Gasteiger partial charge in [0.25, 0.3) is 5.79 Å². The Morgan fingerprint density at radius 2 is 1.29 bits per heavy atom. The van der Waals surface area contributed by atoms with Crippen molar-refractivity contribution in [2.75, 3.05) is 0 Å². The Morgan fingerprint density at radius 3 is 1.76 bits per heavy atom. The van der Waals surface area contributed by atoms with Gasteiger partial charge in [0.05, 0.1) is 0 Å². The number of rotatable bonds is 0. The number of hydrogen-bond acceptors (Lipinski definition) is 4. The molecule has 21 heavy (non-hydrogen) atoms. The highest BCUT2D eigenvalue weighted by molar-refractivity contribution is 6.04. The van der Waals surface area contributed by atoms with Crippen LogP contribution in [0.25, 0.3) is 0 Å². The van der Waals surface area contributed by atoms with Gasteiger partial charge in [-0.3, -0.25) is 9.59 Å². The minimum Gasteiger partial charge on any atom is -0.422 e. The fourth-order valence-electron chi connectivity index (χ4n) is 9.23. The van der Waals surface area contributed by atoms with E-state index in [-0.39, 0.29) is 23.8 Å². The molecule has 0 amide bonds. The normalized spacial score (nSPS) is 67.1. The summed E-state index contributed by atoms with van der Waals surface area (Å²) in [6, 6.07) is 0. The van der Waals surface area contributed by atoms with E-state index in [9.17, 15) is 9.59 Å². The van der Waals surface area contributed by atoms with E-state index in [4.69, 9.17) is 9.47 Å². The van der Waals surface area contributed by atoms with Gasteiger partial charge in [-0.2, -0.15) is 0 Å². The van der Waals surface area contributed by atoms with Crippen molar-refractivity contribution < 1.29 is 19.1 Å². The van der Waals surface area contributed by atoms with Gasteiger partial charge in [-0.1, -0.05) is 0 Å². The van der Waals surface area contributed by atoms with Gasteiger partial charge in [-0.25, -0.2) is 0 Å². The zero-order chi connectivity index (χ0) is 14.0. The smallest absolute Gasteiger partial charge is 0.327 e. The molecule has 0 aromatic heterocycles. The van der Waals surface area contributed by atoms with Crippen LogP contribution in [-0.2, 0) is 19.1 Å². The molecule has 0 unspecified atom stereocenters. The van der Waals surface area contributed by atoms with Crippen LogP contribution < -0.4 is 0 Å². The summed E-state index contributed by atoms with van der Waals surface area (Å²) >= 11 is 0. The second-order valence-corrected chi connectivity index (χ2v) is 9.13. The highest BCUT2D eigenvalue weighted by Gasteiger charge is 2.96. The summed E-state index contributed by atoms with van der Waals surface area (Å²) in [6.45, 7) is 3.33. The van der Waals surface area contributed by atoms with Crippen LogP contribution in [0.4, 0.5) is 0 Å². The first-order valence-corrected chi connectivity index (χ1v) is 8.45. The fourth-order valence-corrected chi connectivity index (χ4v) is 9.23. The molecule has 7 aliphatic carbocycles. The van der Waals surface area contributed by atoms with E-state index in [2.05, 4.69) is 0 Å². The maximum absolute atomic E-state index is 13.0. The van der Waals surface area contributed by atoms with Crippen molar-refractivity contribution in [1.29, 1.82) is 0 Å². The second kappa shape index (κ2) is 2.44. The molecule has 4 bridgehead atoms. The average molecular weight is 286 g/mol. The monoisotopic (exact) mass is 286 g/mol. The maximum atomic E-state index is 13.0. The molecular weight excluding hydrogens is 268 g/mol. The highest BCUT2D eigenvalue weighted by Crippen LogP contribution is 2.94. The Bertz CT molecular complexity index is 608. The summed E-state index contributed by atoms with van der Waals surface area (Å²) in [7, 11) is 0. The summed E-state index contributed by atoms with van der Waals surface area (Å²) in [5.41, 5.74) is -0.906. The SMILES string of the molecule is CC1(C)OC(=O)C2(C(=O)O1)[C@@H]1[C@@H]3[C@@H]4[C@@H]5C[C@H]6[C@H]4[C@H]3[C@H]2[C@H]6[C@@H]51. The first-order valence-electron chi connectivity index (χ1n) is 8.45. The Morgan fingerprint density at radius 1 is 0.810 bits per heavy atom. The molecular formula is C17H18O4. The molecule has 0 aromatic rings. The third kappa shape index (κ3) is 0.687. The molecule has 110 valence electrons. The van der Waals surface area contributed by atoms with Crippen molar-refractivity contribution in [1.82, 2.24) is 0 Å². The van der Waals surface area contributed by atoms with Gasteiger partial charge in [0.15, 0.2) is 5.41 Å². The van der Waals surface area contributed by atoms with Gasteiger partial charge in [0, 0.05) is 13.8 Å². The minimum atomic E-state index is -1.09. The zero-order valence-electron chi connectivity index (χ0n) is 12.1. The first kappa shape index (κ1) is 10.6. The zero-order valence-corrected chi connectivity index (χ0v) is 12.1. The molecule has 4 nitrogen and oxygen atoms in total. The lowest BCUT2D eigenvalue weighted by Crippen LogP contribution is -2.57. The molecule has 10 atom stereocenters. The van der Waals surface area contributed by atoms with Crippen molar-refractivity contribution in [3.63, 3.8) is 0 Å². The van der Waals surface area contributed by atoms with Crippen molar-refractivity contribution in [3.05, 3.63) is 0 Å². The molecule has 1 aliphatic heterocycles. The number of ether oxygens (including phenoxy) is 2. The van der Waals surface area contributed by atoms with E-state index < -0.39 is 11.2 Å². The Kier molecular flexibility index (Phi) is 1.24. The van der Waals surface area contributed by atoms with Crippen LogP contribution in [0.15, 0.2) is 0 Å². The van der Waals surface area contributed by atoms with Crippen molar-refractivity contribution >= 4 is 11.9 Å². The van der Waals surface area contributed by atoms with E-state index in [1.807, 2.05) is 0 Å². The minimum absolute atomic E-state index is 0.249. The third-order valence-electron chi connectivity index (χ3n) is 8.81. The number of carbonyl (C=O) groups is 2. The highest BCUT2D eigenvalue weighted by atomic mass is 16.7. The number of cyclic esters (lactones) is 2. The quantitative estimate of drug-likeness (QED) is 0.499. The van der Waals surface area contributed by atoms with Crippen LogP contribution in [0.1, 0.15) is 20.3 Å². The van der Waals surface area contributed by atoms with Gasteiger partial charge < -0.3 is 9.47 Å². The third-order valence-corrected chi connectivity index (χ3v) is 8.81. The van der Waals surface area contributed by atoms with Crippen LogP contribution >= 0.6 is 0 Å². The molecule has 8 rings (SSSR count). The largest absolute Gasteiger partial charge is 0.422 e. The van der Waals surface area contributed by atoms with Crippen LogP contribution in [0.2, 0.25) is 0 Å². The molecule has 1 heterocycles. The molecule has 0 N–H and O–H groups in total. The van der Waals surface area contributed by atoms with E-state index in [0.29, 0.717) is 23.7 Å². The van der Waals surface area contributed by atoms with Gasteiger partial charge >= 0.3 is 11.9 Å². The summed E-state index contributed by atoms with van der Waals surface area (Å²) in [5.74, 6) is 4.78. The first-order chi connectivity index (χ1) is 9.98. The van der Waals surface area contributed by atoms with Gasteiger partial charge in [0.1, 0.15) is 0 Å². The topological polar surface area (TPSA) is 52.6 Å². The lowest BCUT2D eigenvalue weighted by atomic mass is 9.60. The fraction of sp³-hybridized carbons (Fsp3) is 0.882. The number of hydrogen-bond donors (Lipinski definition) is 0. The Labute approximate surface area is 122 Å². The molecule has 1 saturated heterocycles. The molecule has 1 spiro atoms. The van der Waals surface area contributed by atoms with E-state index in [0.717, 1.165) is 23.7 Å². The van der Waals surface area contributed by atoms with Gasteiger partial charge in [-0.15, -0.1) is 0 Å². The lowest BCUT2D eigenvalue weighted by Gasteiger charge is -2.44. The van der Waals surface area contributed by atoms with Crippen LogP contribution in [0.3, 0.4) is 0 Å². The van der Waals surface area contributed by atoms with Crippen LogP contribution in [-0.4, -0.2) is 17.7 Å². The summed E-state index contributed by atoms with van der Waals surface area (Å²) < 4.78 is 11.2. The summed E-state index contributed by atoms with van der Waals surface area (Å²) in [6.07, 6.45) is 1.39. The maximum Gasteiger partial charge on any atom is 0.327 e. The van der Waals surface area contributed by atoms with Crippen LogP contribution in [0, 0.1) is 64.6 Å². The number of carbonyl (C=O) groups excluding carboxylic acids is 2. The molecule has 8 fully saturated rings. The van der Waals surface area contributed by atoms with Crippen molar-refractivity contribution in [2.24, 2.45) is 64.6 Å². The summed E-state index contributed by atoms with van der Waals surface area (Å²) in [4.78, 5) is 25.9. The van der Waals surface area contributed by atoms with Gasteiger partial charge in [0.2, 0.25) is 0 Å². The van der Waals surface area contributed by atoms with E-state index in [1.54, 1.807) is 13.8 Å². The number of esters is 2. The second-order valence-electron chi connectivity index (χ2n) is 9.13. The van der Waals surface area contributed by atoms with Crippen molar-refractivity contribution in [2.45, 2.75) is 26.1 Å². The average Bonchev–Trinajstić information content (AvgIpc) is 2.95.